The van der Waals surface area contributed by atoms with Crippen LogP contribution in [0, 0.1) is 11.6 Å². The number of pyridine rings is 1. The number of hydrogen-bond donors (Lipinski definition) is 0. The molecule has 1 aromatic heterocycles. The molecule has 0 spiro atoms. The Morgan fingerprint density at radius 2 is 1.38 bits per heavy atom. The Balaban J connectivity index is 1.71. The first-order valence-electron chi connectivity index (χ1n) is 10.1. The van der Waals surface area contributed by atoms with Crippen LogP contribution in [0.15, 0.2) is 36.5 Å². The Kier molecular flexibility index (Phi) is 9.30. The maximum Gasteiger partial charge on any atom is 0.168 e. The third-order valence-electron chi connectivity index (χ3n) is 4.90. The fraction of sp³-hybridized carbons (Fsp3) is 0.522. The summed E-state index contributed by atoms with van der Waals surface area (Å²) in [5.74, 6) is -1.50. The van der Waals surface area contributed by atoms with Crippen molar-refractivity contribution >= 4 is 0 Å². The lowest BCUT2D eigenvalue weighted by molar-refractivity contribution is 0.496. The van der Waals surface area contributed by atoms with E-state index in [-0.39, 0.29) is 5.56 Å². The van der Waals surface area contributed by atoms with Gasteiger partial charge in [0.1, 0.15) is 0 Å². The van der Waals surface area contributed by atoms with Crippen molar-refractivity contribution in [3.05, 3.63) is 53.7 Å². The van der Waals surface area contributed by atoms with Crippen molar-refractivity contribution in [3.63, 3.8) is 0 Å². The number of halogens is 2. The average Bonchev–Trinajstić information content (AvgIpc) is 2.67. The highest BCUT2D eigenvalue weighted by atomic mass is 19.2. The molecular formula is C23H31F2N. The van der Waals surface area contributed by atoms with Gasteiger partial charge >= 0.3 is 0 Å². The summed E-state index contributed by atoms with van der Waals surface area (Å²) in [6.07, 6.45) is 14.6. The predicted octanol–water partition coefficient (Wildman–Crippen LogP) is 7.49. The maximum atomic E-state index is 14.3. The molecule has 0 amide bonds. The standard InChI is InChI=1S/C23H31F2N/c1-2-3-4-5-6-7-8-9-10-11-14-19-16-17-20(23(25)22(19)24)21-15-12-13-18-26-21/h12-13,15-18H,2-11,14H2,1H3. The maximum absolute atomic E-state index is 14.3. The van der Waals surface area contributed by atoms with E-state index in [2.05, 4.69) is 11.9 Å². The van der Waals surface area contributed by atoms with Crippen LogP contribution in [0.4, 0.5) is 8.78 Å². The number of aromatic nitrogens is 1. The number of benzene rings is 1. The van der Waals surface area contributed by atoms with Crippen LogP contribution in [0.5, 0.6) is 0 Å². The van der Waals surface area contributed by atoms with Crippen molar-refractivity contribution in [2.75, 3.05) is 0 Å². The van der Waals surface area contributed by atoms with E-state index < -0.39 is 11.6 Å². The molecule has 2 rings (SSSR count). The summed E-state index contributed by atoms with van der Waals surface area (Å²) in [6, 6.07) is 8.58. The van der Waals surface area contributed by atoms with Crippen molar-refractivity contribution in [3.8, 4) is 11.3 Å². The molecule has 1 nitrogen and oxygen atoms in total. The minimum Gasteiger partial charge on any atom is -0.256 e. The summed E-state index contributed by atoms with van der Waals surface area (Å²) >= 11 is 0. The Labute approximate surface area is 156 Å². The molecule has 0 bridgehead atoms. The van der Waals surface area contributed by atoms with Gasteiger partial charge in [0.2, 0.25) is 0 Å². The molecule has 2 aromatic rings. The molecule has 0 unspecified atom stereocenters. The molecule has 0 N–H and O–H groups in total. The highest BCUT2D eigenvalue weighted by Gasteiger charge is 2.14. The normalized spacial score (nSPS) is 11.0. The summed E-state index contributed by atoms with van der Waals surface area (Å²) in [7, 11) is 0. The summed E-state index contributed by atoms with van der Waals surface area (Å²) in [6.45, 7) is 2.24. The molecule has 0 aliphatic heterocycles. The van der Waals surface area contributed by atoms with Crippen LogP contribution in [0.25, 0.3) is 11.3 Å². The van der Waals surface area contributed by atoms with Crippen LogP contribution < -0.4 is 0 Å². The van der Waals surface area contributed by atoms with Gasteiger partial charge in [-0.15, -0.1) is 0 Å². The van der Waals surface area contributed by atoms with Crippen LogP contribution in [0.2, 0.25) is 0 Å². The molecule has 0 aliphatic carbocycles. The Morgan fingerprint density at radius 1 is 0.731 bits per heavy atom. The SMILES string of the molecule is CCCCCCCCCCCCc1ccc(-c2ccccn2)c(F)c1F. The first-order valence-corrected chi connectivity index (χ1v) is 10.1. The van der Waals surface area contributed by atoms with Crippen molar-refractivity contribution in [2.24, 2.45) is 0 Å². The van der Waals surface area contributed by atoms with Gasteiger partial charge in [-0.05, 0) is 36.6 Å². The third kappa shape index (κ3) is 6.51. The number of hydrogen-bond acceptors (Lipinski definition) is 1. The van der Waals surface area contributed by atoms with Crippen LogP contribution in [-0.2, 0) is 6.42 Å². The second-order valence-electron chi connectivity index (χ2n) is 7.05. The van der Waals surface area contributed by atoms with Crippen LogP contribution in [-0.4, -0.2) is 4.98 Å². The lowest BCUT2D eigenvalue weighted by atomic mass is 10.0. The molecule has 0 atom stereocenters. The van der Waals surface area contributed by atoms with Crippen LogP contribution in [0.3, 0.4) is 0 Å². The molecule has 0 saturated carbocycles. The fourth-order valence-corrected chi connectivity index (χ4v) is 3.31. The average molecular weight is 360 g/mol. The molecule has 1 heterocycles. The van der Waals surface area contributed by atoms with Crippen LogP contribution >= 0.6 is 0 Å². The molecule has 0 aliphatic rings. The minimum absolute atomic E-state index is 0.231. The minimum atomic E-state index is -0.784. The topological polar surface area (TPSA) is 12.9 Å². The highest BCUT2D eigenvalue weighted by molar-refractivity contribution is 5.60. The van der Waals surface area contributed by atoms with Crippen molar-refractivity contribution in [2.45, 2.75) is 77.6 Å². The van der Waals surface area contributed by atoms with Gasteiger partial charge < -0.3 is 0 Å². The largest absolute Gasteiger partial charge is 0.256 e. The molecule has 1 aromatic carbocycles. The van der Waals surface area contributed by atoms with Crippen molar-refractivity contribution in [1.29, 1.82) is 0 Å². The summed E-state index contributed by atoms with van der Waals surface area (Å²) in [5, 5.41) is 0. The van der Waals surface area contributed by atoms with E-state index in [1.54, 1.807) is 36.5 Å². The number of unbranched alkanes of at least 4 members (excludes halogenated alkanes) is 9. The highest BCUT2D eigenvalue weighted by Crippen LogP contribution is 2.25. The van der Waals surface area contributed by atoms with Gasteiger partial charge in [-0.1, -0.05) is 76.8 Å². The molecular weight excluding hydrogens is 328 g/mol. The van der Waals surface area contributed by atoms with Crippen molar-refractivity contribution < 1.29 is 8.78 Å². The van der Waals surface area contributed by atoms with E-state index in [1.807, 2.05) is 0 Å². The second kappa shape index (κ2) is 11.8. The van der Waals surface area contributed by atoms with E-state index in [4.69, 9.17) is 0 Å². The summed E-state index contributed by atoms with van der Waals surface area (Å²) < 4.78 is 28.7. The van der Waals surface area contributed by atoms with Gasteiger partial charge in [-0.2, -0.15) is 0 Å². The summed E-state index contributed by atoms with van der Waals surface area (Å²) in [5.41, 5.74) is 1.17. The zero-order chi connectivity index (χ0) is 18.6. The van der Waals surface area contributed by atoms with E-state index in [1.165, 1.54) is 51.4 Å². The predicted molar refractivity (Wildman–Crippen MR) is 105 cm³/mol. The van der Waals surface area contributed by atoms with Gasteiger partial charge in [0.25, 0.3) is 0 Å². The van der Waals surface area contributed by atoms with Gasteiger partial charge in [-0.25, -0.2) is 8.78 Å². The van der Waals surface area contributed by atoms with Gasteiger partial charge in [0.15, 0.2) is 11.6 Å². The summed E-state index contributed by atoms with van der Waals surface area (Å²) in [4.78, 5) is 4.10. The van der Waals surface area contributed by atoms with Crippen LogP contribution in [0.1, 0.15) is 76.7 Å². The zero-order valence-electron chi connectivity index (χ0n) is 15.9. The van der Waals surface area contributed by atoms with E-state index >= 15 is 0 Å². The Bertz CT molecular complexity index is 640. The lowest BCUT2D eigenvalue weighted by Gasteiger charge is -2.08. The smallest absolute Gasteiger partial charge is 0.168 e. The van der Waals surface area contributed by atoms with Crippen molar-refractivity contribution in [1.82, 2.24) is 4.98 Å². The quantitative estimate of drug-likeness (QED) is 0.358. The van der Waals surface area contributed by atoms with Gasteiger partial charge in [0, 0.05) is 11.8 Å². The number of nitrogens with zero attached hydrogens (tertiary/aromatic N) is 1. The Morgan fingerprint density at radius 3 is 2.00 bits per heavy atom. The number of aryl methyl sites for hydroxylation is 1. The first kappa shape index (κ1) is 20.5. The molecule has 142 valence electrons. The fourth-order valence-electron chi connectivity index (χ4n) is 3.31. The number of rotatable bonds is 12. The third-order valence-corrected chi connectivity index (χ3v) is 4.90. The molecule has 0 fully saturated rings. The zero-order valence-corrected chi connectivity index (χ0v) is 15.9. The molecule has 26 heavy (non-hydrogen) atoms. The molecule has 3 heteroatoms. The Hall–Kier alpha value is -1.77. The first-order chi connectivity index (χ1) is 12.7. The molecule has 0 saturated heterocycles. The molecule has 0 radical (unpaired) electrons. The van der Waals surface area contributed by atoms with E-state index in [9.17, 15) is 8.78 Å². The lowest BCUT2D eigenvalue weighted by Crippen LogP contribution is -1.98. The van der Waals surface area contributed by atoms with Gasteiger partial charge in [-0.3, -0.25) is 4.98 Å². The van der Waals surface area contributed by atoms with E-state index in [0.29, 0.717) is 17.7 Å². The second-order valence-corrected chi connectivity index (χ2v) is 7.05. The van der Waals surface area contributed by atoms with E-state index in [0.717, 1.165) is 12.8 Å². The monoisotopic (exact) mass is 359 g/mol. The van der Waals surface area contributed by atoms with Gasteiger partial charge in [0.05, 0.1) is 5.69 Å².